The van der Waals surface area contributed by atoms with Gasteiger partial charge >= 0.3 is 0 Å². The van der Waals surface area contributed by atoms with Crippen molar-refractivity contribution in [2.24, 2.45) is 5.16 Å². The van der Waals surface area contributed by atoms with Gasteiger partial charge in [0, 0.05) is 0 Å². The van der Waals surface area contributed by atoms with Crippen LogP contribution in [-0.4, -0.2) is 22.7 Å². The molecule has 1 aliphatic heterocycles. The van der Waals surface area contributed by atoms with Crippen molar-refractivity contribution in [3.05, 3.63) is 59.8 Å². The first-order valence-corrected chi connectivity index (χ1v) is 6.48. The van der Waals surface area contributed by atoms with Crippen LogP contribution in [0.4, 0.5) is 4.39 Å². The minimum Gasteiger partial charge on any atom is -0.461 e. The van der Waals surface area contributed by atoms with Crippen LogP contribution < -0.4 is 0 Å². The molecule has 21 heavy (non-hydrogen) atoms. The number of oxime groups is 1. The highest BCUT2D eigenvalue weighted by Gasteiger charge is 2.33. The van der Waals surface area contributed by atoms with Crippen LogP contribution in [0.25, 0.3) is 0 Å². The van der Waals surface area contributed by atoms with Crippen LogP contribution >= 0.6 is 0 Å². The molecule has 0 N–H and O–H groups in total. The molecule has 1 atom stereocenters. The summed E-state index contributed by atoms with van der Waals surface area (Å²) in [5.74, 6) is 0.214. The Hall–Kier alpha value is -2.63. The largest absolute Gasteiger partial charge is 0.461 e. The molecular weight excluding hydrogens is 275 g/mol. The standard InChI is InChI=1S/C15H13FN2O3/c1-10-15(19)18(9-11-4-6-12(16)7-5-11)14(17-21-10)13-3-2-8-20-13/h2-8,10H,9H2,1H3. The molecule has 6 heteroatoms. The number of carbonyl (C=O) groups is 1. The molecule has 2 aromatic rings. The van der Waals surface area contributed by atoms with Crippen LogP contribution in [0.3, 0.4) is 0 Å². The summed E-state index contributed by atoms with van der Waals surface area (Å²) in [4.78, 5) is 18.9. The van der Waals surface area contributed by atoms with Gasteiger partial charge in [0.1, 0.15) is 5.82 Å². The molecule has 5 nitrogen and oxygen atoms in total. The van der Waals surface area contributed by atoms with Crippen LogP contribution in [0.15, 0.2) is 52.2 Å². The zero-order valence-electron chi connectivity index (χ0n) is 11.3. The van der Waals surface area contributed by atoms with E-state index < -0.39 is 6.10 Å². The maximum Gasteiger partial charge on any atom is 0.272 e. The zero-order chi connectivity index (χ0) is 14.8. The quantitative estimate of drug-likeness (QED) is 0.872. The van der Waals surface area contributed by atoms with Gasteiger partial charge < -0.3 is 9.25 Å². The second-order valence-corrected chi connectivity index (χ2v) is 4.69. The van der Waals surface area contributed by atoms with Crippen molar-refractivity contribution < 1.29 is 18.4 Å². The van der Waals surface area contributed by atoms with E-state index in [1.807, 2.05) is 0 Å². The SMILES string of the molecule is CC1ON=C(c2ccco2)N(Cc2ccc(F)cc2)C1=O. The van der Waals surface area contributed by atoms with Gasteiger partial charge in [0.15, 0.2) is 5.76 Å². The highest BCUT2D eigenvalue weighted by molar-refractivity contribution is 6.08. The minimum atomic E-state index is -0.663. The average Bonchev–Trinajstić information content (AvgIpc) is 3.00. The normalized spacial score (nSPS) is 18.4. The molecule has 3 rings (SSSR count). The number of hydrogen-bond acceptors (Lipinski definition) is 4. The predicted octanol–water partition coefficient (Wildman–Crippen LogP) is 2.53. The Labute approximate surface area is 120 Å². The second-order valence-electron chi connectivity index (χ2n) is 4.69. The number of amides is 1. The Morgan fingerprint density at radius 1 is 1.29 bits per heavy atom. The van der Waals surface area contributed by atoms with Crippen LogP contribution in [0.1, 0.15) is 18.2 Å². The average molecular weight is 288 g/mol. The van der Waals surface area contributed by atoms with Gasteiger partial charge in [0.25, 0.3) is 5.91 Å². The third-order valence-electron chi connectivity index (χ3n) is 3.16. The Kier molecular flexibility index (Phi) is 3.43. The highest BCUT2D eigenvalue weighted by atomic mass is 19.1. The van der Waals surface area contributed by atoms with Gasteiger partial charge in [0.05, 0.1) is 12.8 Å². The molecule has 1 unspecified atom stereocenters. The molecule has 1 aromatic carbocycles. The first kappa shape index (κ1) is 13.4. The van der Waals surface area contributed by atoms with Gasteiger partial charge in [-0.3, -0.25) is 9.69 Å². The summed E-state index contributed by atoms with van der Waals surface area (Å²) in [6.07, 6.45) is 0.834. The summed E-state index contributed by atoms with van der Waals surface area (Å²) in [5.41, 5.74) is 0.790. The Morgan fingerprint density at radius 2 is 2.05 bits per heavy atom. The van der Waals surface area contributed by atoms with Crippen LogP contribution in [-0.2, 0) is 16.2 Å². The third-order valence-corrected chi connectivity index (χ3v) is 3.16. The monoisotopic (exact) mass is 288 g/mol. The van der Waals surface area contributed by atoms with Gasteiger partial charge in [-0.15, -0.1) is 0 Å². The van der Waals surface area contributed by atoms with Crippen molar-refractivity contribution in [1.29, 1.82) is 0 Å². The van der Waals surface area contributed by atoms with Crippen molar-refractivity contribution in [2.45, 2.75) is 19.6 Å². The summed E-state index contributed by atoms with van der Waals surface area (Å²) in [6.45, 7) is 1.90. The fourth-order valence-electron chi connectivity index (χ4n) is 2.06. The number of furan rings is 1. The number of nitrogens with zero attached hydrogens (tertiary/aromatic N) is 2. The number of benzene rings is 1. The fraction of sp³-hybridized carbons (Fsp3) is 0.200. The number of halogens is 1. The van der Waals surface area contributed by atoms with E-state index in [-0.39, 0.29) is 18.3 Å². The molecule has 0 fully saturated rings. The van der Waals surface area contributed by atoms with Crippen molar-refractivity contribution in [2.75, 3.05) is 0 Å². The summed E-state index contributed by atoms with van der Waals surface area (Å²) in [6, 6.07) is 9.37. The van der Waals surface area contributed by atoms with E-state index in [4.69, 9.17) is 9.25 Å². The second kappa shape index (κ2) is 5.40. The number of carbonyl (C=O) groups excluding carboxylic acids is 1. The number of rotatable bonds is 3. The zero-order valence-corrected chi connectivity index (χ0v) is 11.3. The summed E-state index contributed by atoms with van der Waals surface area (Å²) in [5, 5.41) is 3.95. The Balaban J connectivity index is 1.91. The van der Waals surface area contributed by atoms with Gasteiger partial charge in [-0.25, -0.2) is 4.39 Å². The fourth-order valence-corrected chi connectivity index (χ4v) is 2.06. The lowest BCUT2D eigenvalue weighted by Crippen LogP contribution is -2.46. The number of hydrogen-bond donors (Lipinski definition) is 0. The van der Waals surface area contributed by atoms with Gasteiger partial charge in [-0.2, -0.15) is 0 Å². The van der Waals surface area contributed by atoms with Crippen molar-refractivity contribution >= 4 is 11.7 Å². The maximum absolute atomic E-state index is 13.0. The van der Waals surface area contributed by atoms with E-state index in [1.54, 1.807) is 31.2 Å². The van der Waals surface area contributed by atoms with Gasteiger partial charge in [0.2, 0.25) is 11.9 Å². The summed E-state index contributed by atoms with van der Waals surface area (Å²) >= 11 is 0. The van der Waals surface area contributed by atoms with E-state index in [0.717, 1.165) is 5.56 Å². The van der Waals surface area contributed by atoms with Crippen LogP contribution in [0.5, 0.6) is 0 Å². The summed E-state index contributed by atoms with van der Waals surface area (Å²) < 4.78 is 18.2. The van der Waals surface area contributed by atoms with E-state index in [9.17, 15) is 9.18 Å². The topological polar surface area (TPSA) is 55.0 Å². The van der Waals surface area contributed by atoms with E-state index in [0.29, 0.717) is 11.6 Å². The van der Waals surface area contributed by atoms with E-state index in [1.165, 1.54) is 23.3 Å². The lowest BCUT2D eigenvalue weighted by molar-refractivity contribution is -0.142. The predicted molar refractivity (Wildman–Crippen MR) is 72.7 cm³/mol. The Morgan fingerprint density at radius 3 is 2.71 bits per heavy atom. The first-order valence-electron chi connectivity index (χ1n) is 6.48. The molecule has 0 saturated carbocycles. The molecule has 0 radical (unpaired) electrons. The lowest BCUT2D eigenvalue weighted by Gasteiger charge is -2.28. The minimum absolute atomic E-state index is 0.222. The molecule has 1 aromatic heterocycles. The molecule has 0 aliphatic carbocycles. The number of amidine groups is 1. The summed E-state index contributed by atoms with van der Waals surface area (Å²) in [7, 11) is 0. The third kappa shape index (κ3) is 2.65. The van der Waals surface area contributed by atoms with Crippen molar-refractivity contribution in [3.8, 4) is 0 Å². The van der Waals surface area contributed by atoms with Gasteiger partial charge in [-0.1, -0.05) is 17.3 Å². The first-order chi connectivity index (χ1) is 10.1. The van der Waals surface area contributed by atoms with Crippen LogP contribution in [0.2, 0.25) is 0 Å². The van der Waals surface area contributed by atoms with Crippen LogP contribution in [0, 0.1) is 5.82 Å². The van der Waals surface area contributed by atoms with E-state index >= 15 is 0 Å². The lowest BCUT2D eigenvalue weighted by atomic mass is 10.2. The van der Waals surface area contributed by atoms with Crippen molar-refractivity contribution in [1.82, 2.24) is 4.90 Å². The van der Waals surface area contributed by atoms with E-state index in [2.05, 4.69) is 5.16 Å². The van der Waals surface area contributed by atoms with Crippen molar-refractivity contribution in [3.63, 3.8) is 0 Å². The Bertz CT molecular complexity index is 665. The molecule has 0 spiro atoms. The van der Waals surface area contributed by atoms with Gasteiger partial charge in [-0.05, 0) is 36.8 Å². The highest BCUT2D eigenvalue weighted by Crippen LogP contribution is 2.18. The molecule has 2 heterocycles. The molecular formula is C15H13FN2O3. The smallest absolute Gasteiger partial charge is 0.272 e. The molecule has 0 saturated heterocycles. The molecule has 0 bridgehead atoms. The molecule has 1 amide bonds. The molecule has 1 aliphatic rings. The molecule has 108 valence electrons. The maximum atomic E-state index is 13.0.